The van der Waals surface area contributed by atoms with E-state index in [4.69, 9.17) is 33.1 Å². The van der Waals surface area contributed by atoms with Gasteiger partial charge in [-0.25, -0.2) is 4.98 Å². The van der Waals surface area contributed by atoms with Crippen molar-refractivity contribution in [2.24, 2.45) is 23.7 Å². The number of hydrogen-bond donors (Lipinski definition) is 4. The number of hydrogen-bond acceptors (Lipinski definition) is 14. The predicted octanol–water partition coefficient (Wildman–Crippen LogP) is 7.59. The number of phenols is 1. The van der Waals surface area contributed by atoms with E-state index in [1.807, 2.05) is 0 Å². The molecule has 16 heteroatoms. The molecule has 1 amide bonds. The molecule has 9 atom stereocenters. The highest BCUT2D eigenvalue weighted by Crippen LogP contribution is 2.50. The number of carbonyl (C=O) groups excluding carboxylic acids is 3. The van der Waals surface area contributed by atoms with Crippen LogP contribution in [0.15, 0.2) is 63.6 Å². The van der Waals surface area contributed by atoms with Gasteiger partial charge in [-0.3, -0.25) is 19.2 Å². The third-order valence-electron chi connectivity index (χ3n) is 14.1. The zero-order chi connectivity index (χ0) is 50.2. The fourth-order valence-corrected chi connectivity index (χ4v) is 8.94. The first-order valence-corrected chi connectivity index (χ1v) is 23.3. The number of methoxy groups -OCH3 is 1. The van der Waals surface area contributed by atoms with E-state index in [-0.39, 0.29) is 55.9 Å². The van der Waals surface area contributed by atoms with Crippen molar-refractivity contribution in [3.05, 3.63) is 75.7 Å². The summed E-state index contributed by atoms with van der Waals surface area (Å²) in [6.07, 6.45) is 5.39. The summed E-state index contributed by atoms with van der Waals surface area (Å²) in [6.45, 7) is 18.5. The number of aromatic nitrogens is 1. The smallest absolute Gasteiger partial charge is 0.312 e. The monoisotopic (exact) mass is 942 g/mol. The molecule has 16 nitrogen and oxygen atoms in total. The third kappa shape index (κ3) is 10.1. The summed E-state index contributed by atoms with van der Waals surface area (Å²) in [6, 6.07) is 5.55. The molecule has 368 valence electrons. The van der Waals surface area contributed by atoms with Gasteiger partial charge in [0.15, 0.2) is 11.3 Å². The van der Waals surface area contributed by atoms with Crippen molar-refractivity contribution in [3.63, 3.8) is 0 Å². The fraction of sp³-hybridized carbons (Fsp3) is 0.519. The molecule has 0 radical (unpaired) electrons. The summed E-state index contributed by atoms with van der Waals surface area (Å²) in [4.78, 5) is 60.9. The maximum absolute atomic E-state index is 14.8. The molecule has 0 saturated carbocycles. The minimum absolute atomic E-state index is 0.0146. The van der Waals surface area contributed by atoms with Crippen molar-refractivity contribution < 1.29 is 62.3 Å². The van der Waals surface area contributed by atoms with Gasteiger partial charge < -0.3 is 53.2 Å². The number of allylic oxidation sites excluding steroid dienone is 2. The number of carbonyl (C=O) groups is 3. The number of aliphatic hydroxyl groups is 2. The quantitative estimate of drug-likeness (QED) is 0.0419. The van der Waals surface area contributed by atoms with E-state index < -0.39 is 82.7 Å². The van der Waals surface area contributed by atoms with Crippen molar-refractivity contribution in [1.82, 2.24) is 4.98 Å². The summed E-state index contributed by atoms with van der Waals surface area (Å²) in [5.41, 5.74) is -0.506. The Bertz CT molecular complexity index is 2680. The average Bonchev–Trinajstić information content (AvgIpc) is 3.56. The number of Topliss-reactive ketones (excluding diaryl/α,β-unsaturated/α-hetero) is 1. The number of fused-ring (bicyclic) bond motifs is 2. The zero-order valence-electron chi connectivity index (χ0n) is 41.5. The Labute approximate surface area is 397 Å². The molecule has 2 aromatic carbocycles. The number of benzene rings is 3. The van der Waals surface area contributed by atoms with Gasteiger partial charge in [-0.2, -0.15) is 0 Å². The number of phenolic OH excluding ortho intramolecular Hbond substituents is 1. The van der Waals surface area contributed by atoms with Crippen LogP contribution in [0.1, 0.15) is 91.1 Å². The lowest BCUT2D eigenvalue weighted by atomic mass is 9.78. The molecule has 0 saturated heterocycles. The van der Waals surface area contributed by atoms with E-state index in [0.717, 1.165) is 23.9 Å². The Balaban J connectivity index is 1.51. The summed E-state index contributed by atoms with van der Waals surface area (Å²) >= 11 is 0. The van der Waals surface area contributed by atoms with Crippen LogP contribution < -0.4 is 20.2 Å². The number of nitrogens with zero attached hydrogens (tertiary/aromatic N) is 2. The Morgan fingerprint density at radius 1 is 0.985 bits per heavy atom. The second-order valence-corrected chi connectivity index (χ2v) is 19.5. The number of quaternary nitrogens is 1. The lowest BCUT2D eigenvalue weighted by Gasteiger charge is -2.38. The molecule has 0 unspecified atom stereocenters. The standard InChI is InChI=1S/C52H67N3O13/c1-26(2)55(11,12)22-14-15-23-64-34-19-20-35-37(25-34)67-49-41(53-35)38-39-45(59)32(8)48-40(38)50(61)52(10,68-48)65-24-21-36(63-13)29(5)47(66-33(9)56)31(7)44(58)30(6)43(57)27(3)17-16-18-28(4)51(62)54-42(49)46(39)60/h16-21,24-27,29-31,36,43-44,47,57-58H,14-15,22-23H2,1-13H3,(H-,53,54,59,60,61,62)/p+1/b17-16+,24-21+,28-18-/t27-,29+,30+,31+,36-,43-,44+,47+,52-/m0/s1. The van der Waals surface area contributed by atoms with Gasteiger partial charge in [-0.05, 0) is 58.7 Å². The first kappa shape index (κ1) is 51.6. The van der Waals surface area contributed by atoms with Gasteiger partial charge in [0, 0.05) is 67.2 Å². The normalized spacial score (nSPS) is 28.0. The number of unbranched alkanes of at least 4 members (excludes halogenated alkanes) is 1. The predicted molar refractivity (Wildman–Crippen MR) is 258 cm³/mol. The summed E-state index contributed by atoms with van der Waals surface area (Å²) < 4.78 is 37.4. The Kier molecular flexibility index (Phi) is 15.5. The SMILES string of the molecule is CO[C@H]1/C=C/O[C@@]2(C)Oc3c(C)c(O)c4c(=O)c(c5oc6cc(OCCCC[N+](C)(C)C(C)C)ccc6nc-5c4c3C2=O)NC(=O)/C(C)=C\C=C\[C@H](C)[C@H](O)[C@@H](C)[C@@H](O)[C@@H](C)[C@H](OC(C)=O)[C@@H]1C. The third-order valence-corrected chi connectivity index (χ3v) is 14.1. The van der Waals surface area contributed by atoms with E-state index in [0.29, 0.717) is 23.9 Å². The zero-order valence-corrected chi connectivity index (χ0v) is 41.5. The van der Waals surface area contributed by atoms with Gasteiger partial charge in [0.1, 0.15) is 40.3 Å². The first-order chi connectivity index (χ1) is 31.9. The lowest BCUT2D eigenvalue weighted by molar-refractivity contribution is -0.911. The Hall–Kier alpha value is -5.81. The highest BCUT2D eigenvalue weighted by molar-refractivity contribution is 6.22. The summed E-state index contributed by atoms with van der Waals surface area (Å²) in [5.74, 6) is -6.75. The Morgan fingerprint density at radius 3 is 2.35 bits per heavy atom. The molecule has 4 N–H and O–H groups in total. The average molecular weight is 943 g/mol. The number of aliphatic hydroxyl groups excluding tert-OH is 2. The molecule has 0 fully saturated rings. The van der Waals surface area contributed by atoms with Crippen molar-refractivity contribution in [1.29, 1.82) is 0 Å². The minimum Gasteiger partial charge on any atom is -0.507 e. The van der Waals surface area contributed by atoms with Gasteiger partial charge >= 0.3 is 11.8 Å². The number of aromatic hydroxyl groups is 1. The van der Waals surface area contributed by atoms with E-state index in [2.05, 4.69) is 33.3 Å². The van der Waals surface area contributed by atoms with E-state index in [9.17, 15) is 34.5 Å². The van der Waals surface area contributed by atoms with Crippen LogP contribution in [0.3, 0.4) is 0 Å². The van der Waals surface area contributed by atoms with E-state index in [1.54, 1.807) is 58.0 Å². The first-order valence-electron chi connectivity index (χ1n) is 23.3. The van der Waals surface area contributed by atoms with Gasteiger partial charge in [-0.1, -0.05) is 45.9 Å². The lowest BCUT2D eigenvalue weighted by Crippen LogP contribution is -2.46. The molecule has 68 heavy (non-hydrogen) atoms. The van der Waals surface area contributed by atoms with Crippen LogP contribution in [0.2, 0.25) is 0 Å². The number of esters is 1. The molecule has 3 aliphatic heterocycles. The summed E-state index contributed by atoms with van der Waals surface area (Å²) in [5, 5.41) is 37.2. The summed E-state index contributed by atoms with van der Waals surface area (Å²) in [7, 11) is 5.85. The molecule has 0 spiro atoms. The van der Waals surface area contributed by atoms with Crippen LogP contribution >= 0.6 is 0 Å². The maximum Gasteiger partial charge on any atom is 0.312 e. The van der Waals surface area contributed by atoms with E-state index >= 15 is 0 Å². The molecule has 0 aromatic heterocycles. The van der Waals surface area contributed by atoms with Crippen LogP contribution in [0.5, 0.6) is 17.2 Å². The van der Waals surface area contributed by atoms with Crippen molar-refractivity contribution in [3.8, 4) is 28.7 Å². The minimum atomic E-state index is -2.04. The van der Waals surface area contributed by atoms with Crippen LogP contribution in [0.4, 0.5) is 5.69 Å². The van der Waals surface area contributed by atoms with Gasteiger partial charge in [0.25, 0.3) is 11.7 Å². The molecular formula is C52H68N3O13+. The van der Waals surface area contributed by atoms with Crippen LogP contribution in [-0.4, -0.2) is 113 Å². The van der Waals surface area contributed by atoms with Gasteiger partial charge in [-0.15, -0.1) is 0 Å². The Morgan fingerprint density at radius 2 is 1.69 bits per heavy atom. The van der Waals surface area contributed by atoms with E-state index in [1.165, 1.54) is 53.2 Å². The molecule has 6 rings (SSSR count). The molecule has 2 aromatic rings. The number of ketones is 1. The second-order valence-electron chi connectivity index (χ2n) is 19.5. The van der Waals surface area contributed by atoms with Crippen LogP contribution in [0.25, 0.3) is 33.3 Å². The molecule has 4 bridgehead atoms. The molecule has 3 heterocycles. The number of anilines is 1. The van der Waals surface area contributed by atoms with Gasteiger partial charge in [0.05, 0.1) is 68.8 Å². The highest BCUT2D eigenvalue weighted by Gasteiger charge is 2.50. The van der Waals surface area contributed by atoms with Crippen LogP contribution in [-0.2, 0) is 23.8 Å². The van der Waals surface area contributed by atoms with Crippen molar-refractivity contribution >= 4 is 45.2 Å². The van der Waals surface area contributed by atoms with Crippen molar-refractivity contribution in [2.45, 2.75) is 118 Å². The number of amides is 1. The largest absolute Gasteiger partial charge is 0.507 e. The number of ether oxygens (including phenoxy) is 5. The van der Waals surface area contributed by atoms with Gasteiger partial charge in [0.2, 0.25) is 5.43 Å². The topological polar surface area (TPSA) is 213 Å². The van der Waals surface area contributed by atoms with Crippen LogP contribution in [0, 0.1) is 30.6 Å². The fourth-order valence-electron chi connectivity index (χ4n) is 8.94. The number of nitrogens with one attached hydrogen (secondary N) is 1. The molecule has 4 aliphatic rings. The maximum atomic E-state index is 14.8. The number of rotatable bonds is 9. The second kappa shape index (κ2) is 20.4. The highest BCUT2D eigenvalue weighted by atomic mass is 16.7. The molecular weight excluding hydrogens is 875 g/mol. The van der Waals surface area contributed by atoms with Crippen molar-refractivity contribution in [2.75, 3.05) is 39.7 Å². The molecule has 1 aliphatic carbocycles.